The number of piperazine rings is 1. The van der Waals surface area contributed by atoms with Gasteiger partial charge in [-0.15, -0.1) is 5.10 Å². The zero-order chi connectivity index (χ0) is 16.9. The van der Waals surface area contributed by atoms with Crippen molar-refractivity contribution in [2.45, 2.75) is 13.8 Å². The molecule has 3 rings (SSSR count). The molecule has 126 valence electrons. The minimum Gasteiger partial charge on any atom is -0.335 e. The lowest BCUT2D eigenvalue weighted by atomic mass is 10.1. The highest BCUT2D eigenvalue weighted by molar-refractivity contribution is 6.18. The molecule has 7 nitrogen and oxygen atoms in total. The Labute approximate surface area is 141 Å². The quantitative estimate of drug-likeness (QED) is 0.788. The molecule has 0 bridgehead atoms. The Morgan fingerprint density at radius 1 is 1.17 bits per heavy atom. The van der Waals surface area contributed by atoms with E-state index in [1.54, 1.807) is 6.92 Å². The monoisotopic (exact) mass is 326 g/mol. The number of hydrogen-bond donors (Lipinski definition) is 0. The topological polar surface area (TPSA) is 67.2 Å². The predicted molar refractivity (Wildman–Crippen MR) is 91.9 cm³/mol. The Morgan fingerprint density at radius 2 is 1.88 bits per heavy atom. The smallest absolute Gasteiger partial charge is 0.272 e. The molecule has 0 saturated carbocycles. The van der Waals surface area contributed by atoms with E-state index in [9.17, 15) is 4.79 Å². The van der Waals surface area contributed by atoms with Gasteiger partial charge in [-0.25, -0.2) is 0 Å². The number of nitrogens with zero attached hydrogens (tertiary/aromatic N) is 6. The Morgan fingerprint density at radius 3 is 2.46 bits per heavy atom. The van der Waals surface area contributed by atoms with Crippen molar-refractivity contribution in [1.82, 2.24) is 30.0 Å². The summed E-state index contributed by atoms with van der Waals surface area (Å²) in [7, 11) is 0. The zero-order valence-corrected chi connectivity index (χ0v) is 14.1. The number of amides is 1. The fourth-order valence-electron chi connectivity index (χ4n) is 2.80. The van der Waals surface area contributed by atoms with Gasteiger partial charge in [-0.3, -0.25) is 4.79 Å². The normalized spacial score (nSPS) is 16.4. The van der Waals surface area contributed by atoms with Crippen LogP contribution >= 0.6 is 0 Å². The van der Waals surface area contributed by atoms with Crippen LogP contribution in [0.25, 0.3) is 11.8 Å². The van der Waals surface area contributed by atoms with Crippen LogP contribution < -0.4 is 0 Å². The van der Waals surface area contributed by atoms with Crippen LogP contribution in [0.2, 0.25) is 0 Å². The molecule has 1 aromatic heterocycles. The molecule has 2 heterocycles. The second-order valence-electron chi connectivity index (χ2n) is 5.80. The van der Waals surface area contributed by atoms with Gasteiger partial charge in [-0.1, -0.05) is 37.3 Å². The minimum atomic E-state index is -0.0370. The molecule has 1 amide bonds. The number of benzene rings is 1. The average Bonchev–Trinajstić information content (AvgIpc) is 3.06. The number of rotatable bonds is 4. The van der Waals surface area contributed by atoms with Crippen LogP contribution in [0, 0.1) is 6.92 Å². The molecule has 0 spiro atoms. The summed E-state index contributed by atoms with van der Waals surface area (Å²) in [4.78, 5) is 17.3. The van der Waals surface area contributed by atoms with Crippen LogP contribution in [0.3, 0.4) is 0 Å². The van der Waals surface area contributed by atoms with Gasteiger partial charge in [0.05, 0.1) is 0 Å². The first-order chi connectivity index (χ1) is 11.7. The Balaban J connectivity index is 1.89. The van der Waals surface area contributed by atoms with E-state index >= 15 is 0 Å². The number of aryl methyl sites for hydroxylation is 1. The second kappa shape index (κ2) is 7.35. The maximum Gasteiger partial charge on any atom is 0.272 e. The summed E-state index contributed by atoms with van der Waals surface area (Å²) >= 11 is 0. The summed E-state index contributed by atoms with van der Waals surface area (Å²) in [5, 5.41) is 11.6. The number of likely N-dealkylation sites (N-methyl/N-ethyl adjacent to an activating group) is 1. The number of tetrazole rings is 1. The highest BCUT2D eigenvalue weighted by Crippen LogP contribution is 2.16. The fraction of sp³-hybridized carbons (Fsp3) is 0.412. The lowest BCUT2D eigenvalue weighted by Gasteiger charge is -2.34. The van der Waals surface area contributed by atoms with Gasteiger partial charge in [0.2, 0.25) is 0 Å². The summed E-state index contributed by atoms with van der Waals surface area (Å²) in [5.41, 5.74) is 1.43. The molecular weight excluding hydrogens is 304 g/mol. The van der Waals surface area contributed by atoms with Crippen LogP contribution in [0.15, 0.2) is 30.3 Å². The van der Waals surface area contributed by atoms with Crippen LogP contribution in [0.4, 0.5) is 0 Å². The number of aromatic nitrogens is 4. The van der Waals surface area contributed by atoms with E-state index in [2.05, 4.69) is 27.3 Å². The van der Waals surface area contributed by atoms with Gasteiger partial charge in [0, 0.05) is 26.2 Å². The van der Waals surface area contributed by atoms with Crippen molar-refractivity contribution in [2.75, 3.05) is 32.7 Å². The Kier molecular flexibility index (Phi) is 5.00. The van der Waals surface area contributed by atoms with Crippen LogP contribution in [-0.2, 0) is 4.79 Å². The molecular formula is C17H22N6O. The summed E-state index contributed by atoms with van der Waals surface area (Å²) in [6.45, 7) is 8.19. The maximum atomic E-state index is 13.1. The van der Waals surface area contributed by atoms with Crippen molar-refractivity contribution in [2.24, 2.45) is 0 Å². The van der Waals surface area contributed by atoms with Gasteiger partial charge in [-0.05, 0) is 35.5 Å². The first-order valence-corrected chi connectivity index (χ1v) is 8.22. The summed E-state index contributed by atoms with van der Waals surface area (Å²) in [5.74, 6) is 0.558. The van der Waals surface area contributed by atoms with Crippen molar-refractivity contribution in [3.8, 4) is 0 Å². The van der Waals surface area contributed by atoms with Crippen LogP contribution in [-0.4, -0.2) is 68.6 Å². The van der Waals surface area contributed by atoms with Gasteiger partial charge >= 0.3 is 0 Å². The fourth-order valence-corrected chi connectivity index (χ4v) is 2.80. The molecule has 1 aliphatic heterocycles. The summed E-state index contributed by atoms with van der Waals surface area (Å²) in [6, 6.07) is 9.76. The van der Waals surface area contributed by atoms with E-state index in [0.29, 0.717) is 11.5 Å². The van der Waals surface area contributed by atoms with Crippen LogP contribution in [0.1, 0.15) is 18.3 Å². The molecule has 7 heteroatoms. The lowest BCUT2D eigenvalue weighted by Crippen LogP contribution is -2.49. The molecule has 1 aliphatic rings. The van der Waals surface area contributed by atoms with Crippen molar-refractivity contribution in [3.05, 3.63) is 41.7 Å². The number of hydrogen-bond acceptors (Lipinski definition) is 5. The standard InChI is InChI=1S/C17H22N6O/c1-3-21-9-11-22(12-10-21)17(24)16(23-14(2)18-19-20-23)13-15-7-5-4-6-8-15/h4-8,13H,3,9-12H2,1-2H3/b16-13-. The molecule has 1 saturated heterocycles. The van der Waals surface area contributed by atoms with E-state index in [4.69, 9.17) is 0 Å². The third-order valence-corrected chi connectivity index (χ3v) is 4.28. The van der Waals surface area contributed by atoms with Gasteiger partial charge in [-0.2, -0.15) is 4.68 Å². The molecule has 0 aliphatic carbocycles. The number of carbonyl (C=O) groups is 1. The summed E-state index contributed by atoms with van der Waals surface area (Å²) in [6.07, 6.45) is 1.85. The molecule has 0 radical (unpaired) electrons. The predicted octanol–water partition coefficient (Wildman–Crippen LogP) is 1.14. The third kappa shape index (κ3) is 3.51. The van der Waals surface area contributed by atoms with E-state index < -0.39 is 0 Å². The molecule has 2 aromatic rings. The molecule has 0 atom stereocenters. The Hall–Kier alpha value is -2.54. The SMILES string of the molecule is CCN1CCN(C(=O)/C(=C/c2ccccc2)n2nnnc2C)CC1. The molecule has 24 heavy (non-hydrogen) atoms. The molecule has 1 aromatic carbocycles. The molecule has 1 fully saturated rings. The van der Waals surface area contributed by atoms with Crippen molar-refractivity contribution < 1.29 is 4.79 Å². The average molecular weight is 326 g/mol. The van der Waals surface area contributed by atoms with Gasteiger partial charge in [0.1, 0.15) is 5.70 Å². The van der Waals surface area contributed by atoms with Gasteiger partial charge in [0.25, 0.3) is 5.91 Å². The highest BCUT2D eigenvalue weighted by Gasteiger charge is 2.25. The summed E-state index contributed by atoms with van der Waals surface area (Å²) < 4.78 is 1.52. The Bertz CT molecular complexity index is 716. The largest absolute Gasteiger partial charge is 0.335 e. The number of carbonyl (C=O) groups excluding carboxylic acids is 1. The van der Waals surface area contributed by atoms with Crippen LogP contribution in [0.5, 0.6) is 0 Å². The maximum absolute atomic E-state index is 13.1. The van der Waals surface area contributed by atoms with Crippen molar-refractivity contribution in [1.29, 1.82) is 0 Å². The van der Waals surface area contributed by atoms with Crippen molar-refractivity contribution >= 4 is 17.7 Å². The zero-order valence-electron chi connectivity index (χ0n) is 14.1. The van der Waals surface area contributed by atoms with Gasteiger partial charge in [0.15, 0.2) is 5.82 Å². The van der Waals surface area contributed by atoms with Crippen molar-refractivity contribution in [3.63, 3.8) is 0 Å². The van der Waals surface area contributed by atoms with E-state index in [1.807, 2.05) is 41.3 Å². The second-order valence-corrected chi connectivity index (χ2v) is 5.80. The third-order valence-electron chi connectivity index (χ3n) is 4.28. The lowest BCUT2D eigenvalue weighted by molar-refractivity contribution is -0.127. The molecule has 0 unspecified atom stereocenters. The first-order valence-electron chi connectivity index (χ1n) is 8.22. The highest BCUT2D eigenvalue weighted by atomic mass is 16.2. The van der Waals surface area contributed by atoms with E-state index in [1.165, 1.54) is 4.68 Å². The van der Waals surface area contributed by atoms with E-state index in [0.717, 1.165) is 38.3 Å². The molecule has 0 N–H and O–H groups in total. The first kappa shape index (κ1) is 16.3. The van der Waals surface area contributed by atoms with Gasteiger partial charge < -0.3 is 9.80 Å². The minimum absolute atomic E-state index is 0.0370. The van der Waals surface area contributed by atoms with E-state index in [-0.39, 0.29) is 5.91 Å².